The van der Waals surface area contributed by atoms with Crippen LogP contribution in [0.3, 0.4) is 0 Å². The highest BCUT2D eigenvalue weighted by molar-refractivity contribution is 5.89. The van der Waals surface area contributed by atoms with Gasteiger partial charge in [0.1, 0.15) is 0 Å². The van der Waals surface area contributed by atoms with Gasteiger partial charge in [0.2, 0.25) is 5.91 Å². The number of hydrogen-bond acceptors (Lipinski definition) is 4. The molecule has 2 aliphatic heterocycles. The van der Waals surface area contributed by atoms with E-state index < -0.39 is 6.10 Å². The minimum atomic E-state index is -0.698. The summed E-state index contributed by atoms with van der Waals surface area (Å²) in [6.07, 6.45) is 1.26. The molecule has 0 aromatic heterocycles. The van der Waals surface area contributed by atoms with Gasteiger partial charge in [-0.05, 0) is 33.2 Å². The number of carbonyl (C=O) groups is 1. The van der Waals surface area contributed by atoms with Crippen molar-refractivity contribution >= 4 is 5.91 Å². The number of nitrogens with zero attached hydrogens (tertiary/aromatic N) is 2. The van der Waals surface area contributed by atoms with Gasteiger partial charge in [0.25, 0.3) is 0 Å². The minimum absolute atomic E-state index is 0.211. The summed E-state index contributed by atoms with van der Waals surface area (Å²) in [5.41, 5.74) is -0.211. The molecule has 1 amide bonds. The van der Waals surface area contributed by atoms with Gasteiger partial charge < -0.3 is 15.1 Å². The highest BCUT2D eigenvalue weighted by Crippen LogP contribution is 2.41. The SMILES string of the molecule is CC(C)N1C[C@]2(CCCN(C[C@@H](O)CO)C2)C1=O. The Morgan fingerprint density at radius 2 is 2.11 bits per heavy atom. The zero-order valence-electron chi connectivity index (χ0n) is 11.3. The first-order valence-corrected chi connectivity index (χ1v) is 6.81. The van der Waals surface area contributed by atoms with E-state index in [2.05, 4.69) is 4.90 Å². The molecule has 2 rings (SSSR count). The molecule has 1 spiro atoms. The first-order valence-electron chi connectivity index (χ1n) is 6.81. The number of β-lactam (4-membered cyclic amide) rings is 1. The molecule has 2 N–H and O–H groups in total. The number of aliphatic hydroxyl groups excluding tert-OH is 2. The van der Waals surface area contributed by atoms with Crippen LogP contribution in [0, 0.1) is 5.41 Å². The number of piperidine rings is 1. The Bertz CT molecular complexity index is 321. The van der Waals surface area contributed by atoms with Gasteiger partial charge in [0.05, 0.1) is 18.1 Å². The average molecular weight is 256 g/mol. The fourth-order valence-corrected chi connectivity index (χ4v) is 3.14. The van der Waals surface area contributed by atoms with Crippen LogP contribution < -0.4 is 0 Å². The summed E-state index contributed by atoms with van der Waals surface area (Å²) >= 11 is 0. The van der Waals surface area contributed by atoms with Crippen molar-refractivity contribution in [2.75, 3.05) is 32.8 Å². The van der Waals surface area contributed by atoms with Crippen molar-refractivity contribution in [1.82, 2.24) is 9.80 Å². The fraction of sp³-hybridized carbons (Fsp3) is 0.923. The quantitative estimate of drug-likeness (QED) is 0.676. The van der Waals surface area contributed by atoms with Crippen molar-refractivity contribution in [3.05, 3.63) is 0 Å². The van der Waals surface area contributed by atoms with E-state index in [9.17, 15) is 9.90 Å². The van der Waals surface area contributed by atoms with Crippen LogP contribution in [0.5, 0.6) is 0 Å². The summed E-state index contributed by atoms with van der Waals surface area (Å²) in [6.45, 7) is 6.82. The van der Waals surface area contributed by atoms with Gasteiger partial charge in [-0.2, -0.15) is 0 Å². The van der Waals surface area contributed by atoms with Gasteiger partial charge >= 0.3 is 0 Å². The van der Waals surface area contributed by atoms with Crippen LogP contribution in [0.25, 0.3) is 0 Å². The lowest BCUT2D eigenvalue weighted by atomic mass is 9.71. The molecule has 2 heterocycles. The topological polar surface area (TPSA) is 64.0 Å². The van der Waals surface area contributed by atoms with Gasteiger partial charge in [0, 0.05) is 25.7 Å². The zero-order valence-corrected chi connectivity index (χ0v) is 11.3. The van der Waals surface area contributed by atoms with Gasteiger partial charge in [-0.1, -0.05) is 0 Å². The number of carbonyl (C=O) groups excluding carboxylic acids is 1. The molecule has 2 atom stereocenters. The van der Waals surface area contributed by atoms with E-state index in [4.69, 9.17) is 5.11 Å². The second-order valence-corrected chi connectivity index (χ2v) is 5.98. The standard InChI is InChI=1S/C13H24N2O3/c1-10(2)15-9-13(12(15)18)4-3-5-14(8-13)6-11(17)7-16/h10-11,16-17H,3-9H2,1-2H3/t11-,13-/m1/s1. The number of amides is 1. The lowest BCUT2D eigenvalue weighted by Gasteiger charge is -2.54. The first-order chi connectivity index (χ1) is 8.48. The average Bonchev–Trinajstić information content (AvgIpc) is 2.35. The molecule has 2 saturated heterocycles. The molecule has 0 bridgehead atoms. The van der Waals surface area contributed by atoms with E-state index in [1.54, 1.807) is 0 Å². The Morgan fingerprint density at radius 3 is 2.67 bits per heavy atom. The molecule has 0 aromatic rings. The second kappa shape index (κ2) is 5.15. The summed E-state index contributed by atoms with van der Waals surface area (Å²) in [4.78, 5) is 16.3. The molecule has 2 fully saturated rings. The van der Waals surface area contributed by atoms with Crippen LogP contribution in [-0.2, 0) is 4.79 Å². The lowest BCUT2D eigenvalue weighted by molar-refractivity contribution is -0.170. The number of rotatable bonds is 4. The second-order valence-electron chi connectivity index (χ2n) is 5.98. The maximum atomic E-state index is 12.3. The lowest BCUT2D eigenvalue weighted by Crippen LogP contribution is -2.68. The molecular formula is C13H24N2O3. The van der Waals surface area contributed by atoms with Crippen molar-refractivity contribution < 1.29 is 15.0 Å². The van der Waals surface area contributed by atoms with E-state index in [0.717, 1.165) is 32.5 Å². The number of hydrogen-bond donors (Lipinski definition) is 2. The molecule has 18 heavy (non-hydrogen) atoms. The fourth-order valence-electron chi connectivity index (χ4n) is 3.14. The molecular weight excluding hydrogens is 232 g/mol. The monoisotopic (exact) mass is 256 g/mol. The van der Waals surface area contributed by atoms with Crippen molar-refractivity contribution in [2.45, 2.75) is 38.8 Å². The summed E-state index contributed by atoms with van der Waals surface area (Å²) in [5, 5.41) is 18.4. The largest absolute Gasteiger partial charge is 0.394 e. The number of β-amino-alcohol motifs (C(OH)–C–C–N with tert-alkyl or cyclic N) is 1. The summed E-state index contributed by atoms with van der Waals surface area (Å²) in [5.74, 6) is 0.265. The molecule has 104 valence electrons. The Balaban J connectivity index is 1.94. The molecule has 5 nitrogen and oxygen atoms in total. The summed E-state index contributed by atoms with van der Waals surface area (Å²) < 4.78 is 0. The predicted octanol–water partition coefficient (Wildman–Crippen LogP) is -0.328. The van der Waals surface area contributed by atoms with E-state index in [1.807, 2.05) is 18.7 Å². The highest BCUT2D eigenvalue weighted by Gasteiger charge is 2.54. The Kier molecular flexibility index (Phi) is 3.94. The normalized spacial score (nSPS) is 30.9. The van der Waals surface area contributed by atoms with Crippen LogP contribution in [-0.4, -0.2) is 70.9 Å². The smallest absolute Gasteiger partial charge is 0.232 e. The van der Waals surface area contributed by atoms with E-state index >= 15 is 0 Å². The molecule has 0 aliphatic carbocycles. The molecule has 5 heteroatoms. The third-order valence-corrected chi connectivity index (χ3v) is 4.15. The Morgan fingerprint density at radius 1 is 1.39 bits per heavy atom. The van der Waals surface area contributed by atoms with E-state index in [0.29, 0.717) is 6.54 Å². The number of aliphatic hydroxyl groups is 2. The third-order valence-electron chi connectivity index (χ3n) is 4.15. The summed E-state index contributed by atoms with van der Waals surface area (Å²) in [6, 6.07) is 0.279. The minimum Gasteiger partial charge on any atom is -0.394 e. The third kappa shape index (κ3) is 2.39. The van der Waals surface area contributed by atoms with Gasteiger partial charge in [-0.15, -0.1) is 0 Å². The Labute approximate surface area is 108 Å². The van der Waals surface area contributed by atoms with Gasteiger partial charge in [-0.3, -0.25) is 9.69 Å². The van der Waals surface area contributed by atoms with Gasteiger partial charge in [0.15, 0.2) is 0 Å². The van der Waals surface area contributed by atoms with Crippen LogP contribution in [0.2, 0.25) is 0 Å². The molecule has 0 unspecified atom stereocenters. The molecule has 2 aliphatic rings. The van der Waals surface area contributed by atoms with Crippen LogP contribution in [0.4, 0.5) is 0 Å². The van der Waals surface area contributed by atoms with Crippen LogP contribution >= 0.6 is 0 Å². The van der Waals surface area contributed by atoms with Crippen LogP contribution in [0.1, 0.15) is 26.7 Å². The summed E-state index contributed by atoms with van der Waals surface area (Å²) in [7, 11) is 0. The maximum absolute atomic E-state index is 12.3. The highest BCUT2D eigenvalue weighted by atomic mass is 16.3. The first kappa shape index (κ1) is 13.8. The van der Waals surface area contributed by atoms with Crippen LogP contribution in [0.15, 0.2) is 0 Å². The molecule has 0 saturated carbocycles. The number of likely N-dealkylation sites (tertiary alicyclic amines) is 2. The van der Waals surface area contributed by atoms with Gasteiger partial charge in [-0.25, -0.2) is 0 Å². The van der Waals surface area contributed by atoms with E-state index in [1.165, 1.54) is 0 Å². The van der Waals surface area contributed by atoms with Crippen molar-refractivity contribution in [1.29, 1.82) is 0 Å². The molecule has 0 radical (unpaired) electrons. The molecule has 0 aromatic carbocycles. The zero-order chi connectivity index (χ0) is 13.3. The predicted molar refractivity (Wildman–Crippen MR) is 68.0 cm³/mol. The van der Waals surface area contributed by atoms with Crippen molar-refractivity contribution in [3.8, 4) is 0 Å². The Hall–Kier alpha value is -0.650. The van der Waals surface area contributed by atoms with Crippen molar-refractivity contribution in [2.24, 2.45) is 5.41 Å². The van der Waals surface area contributed by atoms with E-state index in [-0.39, 0.29) is 24.0 Å². The van der Waals surface area contributed by atoms with Crippen molar-refractivity contribution in [3.63, 3.8) is 0 Å². The maximum Gasteiger partial charge on any atom is 0.232 e.